The molecule has 1 aliphatic rings. The molecular weight excluding hydrogens is 292 g/mol. The number of hydrogen-bond donors (Lipinski definition) is 1. The van der Waals surface area contributed by atoms with Gasteiger partial charge in [0.2, 0.25) is 0 Å². The van der Waals surface area contributed by atoms with E-state index in [1.165, 1.54) is 24.3 Å². The highest BCUT2D eigenvalue weighted by Gasteiger charge is 2.17. The second-order valence-corrected chi connectivity index (χ2v) is 7.15. The highest BCUT2D eigenvalue weighted by Crippen LogP contribution is 2.24. The normalized spacial score (nSPS) is 17.7. The molecule has 0 atom stereocenters. The van der Waals surface area contributed by atoms with Crippen molar-refractivity contribution in [3.05, 3.63) is 35.9 Å². The van der Waals surface area contributed by atoms with Gasteiger partial charge in [-0.05, 0) is 36.5 Å². The van der Waals surface area contributed by atoms with Crippen molar-refractivity contribution in [1.82, 2.24) is 0 Å². The molecular formula is C15H18O5S. The smallest absolute Gasteiger partial charge is 0.335 e. The van der Waals surface area contributed by atoms with E-state index in [1.807, 2.05) is 0 Å². The Morgan fingerprint density at radius 2 is 1.81 bits per heavy atom. The van der Waals surface area contributed by atoms with Crippen LogP contribution in [0.2, 0.25) is 0 Å². The molecule has 0 bridgehead atoms. The molecule has 0 aliphatic carbocycles. The van der Waals surface area contributed by atoms with E-state index in [2.05, 4.69) is 0 Å². The fourth-order valence-corrected chi connectivity index (χ4v) is 2.92. The third kappa shape index (κ3) is 4.15. The van der Waals surface area contributed by atoms with Crippen molar-refractivity contribution in [1.29, 1.82) is 0 Å². The first-order valence-electron chi connectivity index (χ1n) is 6.71. The molecule has 0 unspecified atom stereocenters. The van der Waals surface area contributed by atoms with Gasteiger partial charge in [0.05, 0.1) is 10.5 Å². The summed E-state index contributed by atoms with van der Waals surface area (Å²) >= 11 is 0. The van der Waals surface area contributed by atoms with Crippen molar-refractivity contribution in [3.63, 3.8) is 0 Å². The first-order valence-corrected chi connectivity index (χ1v) is 8.60. The van der Waals surface area contributed by atoms with Gasteiger partial charge in [-0.1, -0.05) is 18.2 Å². The molecule has 6 heteroatoms. The molecule has 1 fully saturated rings. The van der Waals surface area contributed by atoms with Crippen LogP contribution in [-0.2, 0) is 19.4 Å². The van der Waals surface area contributed by atoms with Crippen LogP contribution in [0.1, 0.15) is 18.4 Å². The van der Waals surface area contributed by atoms with Gasteiger partial charge >= 0.3 is 5.97 Å². The zero-order chi connectivity index (χ0) is 15.5. The molecule has 1 aliphatic heterocycles. The van der Waals surface area contributed by atoms with Crippen molar-refractivity contribution in [2.24, 2.45) is 5.92 Å². The van der Waals surface area contributed by atoms with E-state index in [9.17, 15) is 18.3 Å². The maximum absolute atomic E-state index is 11.4. The van der Waals surface area contributed by atoms with Crippen LogP contribution in [0, 0.1) is 5.92 Å². The molecule has 1 saturated heterocycles. The Balaban J connectivity index is 2.30. The molecule has 1 N–H and O–H groups in total. The Kier molecular flexibility index (Phi) is 4.80. The van der Waals surface area contributed by atoms with E-state index >= 15 is 0 Å². The lowest BCUT2D eigenvalue weighted by molar-refractivity contribution is -0.130. The second-order valence-electron chi connectivity index (χ2n) is 5.13. The van der Waals surface area contributed by atoms with E-state index in [1.54, 1.807) is 6.08 Å². The van der Waals surface area contributed by atoms with Crippen molar-refractivity contribution in [3.8, 4) is 0 Å². The van der Waals surface area contributed by atoms with Gasteiger partial charge in [-0.15, -0.1) is 0 Å². The minimum atomic E-state index is -3.28. The van der Waals surface area contributed by atoms with Gasteiger partial charge in [0.1, 0.15) is 0 Å². The summed E-state index contributed by atoms with van der Waals surface area (Å²) in [5, 5.41) is 9.37. The van der Waals surface area contributed by atoms with Gasteiger partial charge in [-0.3, -0.25) is 0 Å². The average molecular weight is 310 g/mol. The number of carbonyl (C=O) groups is 1. The van der Waals surface area contributed by atoms with Crippen LogP contribution in [-0.4, -0.2) is 39.0 Å². The molecule has 0 aromatic heterocycles. The van der Waals surface area contributed by atoms with Crippen molar-refractivity contribution < 1.29 is 23.1 Å². The number of carboxylic acids is 1. The summed E-state index contributed by atoms with van der Waals surface area (Å²) in [4.78, 5) is 11.6. The summed E-state index contributed by atoms with van der Waals surface area (Å²) in [6.07, 6.45) is 4.48. The van der Waals surface area contributed by atoms with Crippen LogP contribution in [0.15, 0.2) is 35.2 Å². The fraction of sp³-hybridized carbons (Fsp3) is 0.400. The Bertz CT molecular complexity index is 637. The first-order chi connectivity index (χ1) is 9.88. The van der Waals surface area contributed by atoms with Crippen molar-refractivity contribution >= 4 is 21.4 Å². The number of carboxylic acid groups (broad SMARTS) is 1. The van der Waals surface area contributed by atoms with Crippen molar-refractivity contribution in [2.45, 2.75) is 17.7 Å². The van der Waals surface area contributed by atoms with Gasteiger partial charge in [0, 0.05) is 19.5 Å². The standard InChI is InChI=1S/C15H18O5S/c1-21(18,19)13-4-2-12(3-5-13)14(15(16)17)10-11-6-8-20-9-7-11/h2-5,10-11H,6-9H2,1H3,(H,16,17)/b14-10+. The lowest BCUT2D eigenvalue weighted by Crippen LogP contribution is -2.15. The van der Waals surface area contributed by atoms with Gasteiger partial charge < -0.3 is 9.84 Å². The molecule has 1 aromatic carbocycles. The second kappa shape index (κ2) is 6.41. The van der Waals surface area contributed by atoms with Crippen LogP contribution in [0.25, 0.3) is 5.57 Å². The monoisotopic (exact) mass is 310 g/mol. The summed E-state index contributed by atoms with van der Waals surface area (Å²) < 4.78 is 28.1. The molecule has 0 saturated carbocycles. The fourth-order valence-electron chi connectivity index (χ4n) is 2.29. The summed E-state index contributed by atoms with van der Waals surface area (Å²) in [5.74, 6) is -0.826. The minimum absolute atomic E-state index is 0.180. The number of allylic oxidation sites excluding steroid dienone is 1. The number of aliphatic carboxylic acids is 1. The number of sulfone groups is 1. The van der Waals surface area contributed by atoms with Gasteiger partial charge in [0.25, 0.3) is 0 Å². The molecule has 21 heavy (non-hydrogen) atoms. The van der Waals surface area contributed by atoms with Crippen LogP contribution >= 0.6 is 0 Å². The summed E-state index contributed by atoms with van der Waals surface area (Å²) in [6.45, 7) is 1.28. The summed E-state index contributed by atoms with van der Waals surface area (Å²) in [7, 11) is -3.28. The third-order valence-electron chi connectivity index (χ3n) is 3.49. The Morgan fingerprint density at radius 3 is 2.29 bits per heavy atom. The highest BCUT2D eigenvalue weighted by molar-refractivity contribution is 7.90. The molecule has 0 radical (unpaired) electrons. The van der Waals surface area contributed by atoms with Gasteiger partial charge in [0.15, 0.2) is 9.84 Å². The van der Waals surface area contributed by atoms with E-state index in [0.29, 0.717) is 18.8 Å². The SMILES string of the molecule is CS(=O)(=O)c1ccc(/C(=C\C2CCOCC2)C(=O)O)cc1. The van der Waals surface area contributed by atoms with Crippen LogP contribution in [0.4, 0.5) is 0 Å². The van der Waals surface area contributed by atoms with E-state index in [-0.39, 0.29) is 16.4 Å². The number of rotatable bonds is 4. The van der Waals surface area contributed by atoms with E-state index in [0.717, 1.165) is 19.1 Å². The Labute approximate surface area is 124 Å². The van der Waals surface area contributed by atoms with Crippen LogP contribution in [0.5, 0.6) is 0 Å². The molecule has 2 rings (SSSR count). The highest BCUT2D eigenvalue weighted by atomic mass is 32.2. The zero-order valence-electron chi connectivity index (χ0n) is 11.8. The molecule has 0 spiro atoms. The first kappa shape index (κ1) is 15.7. The Hall–Kier alpha value is -1.66. The zero-order valence-corrected chi connectivity index (χ0v) is 12.6. The average Bonchev–Trinajstić information content (AvgIpc) is 2.45. The van der Waals surface area contributed by atoms with Crippen LogP contribution < -0.4 is 0 Å². The minimum Gasteiger partial charge on any atom is -0.478 e. The predicted molar refractivity (Wildman–Crippen MR) is 78.7 cm³/mol. The summed E-state index contributed by atoms with van der Waals surface area (Å²) in [5.41, 5.74) is 0.725. The molecule has 1 heterocycles. The topological polar surface area (TPSA) is 80.7 Å². The quantitative estimate of drug-likeness (QED) is 0.860. The Morgan fingerprint density at radius 1 is 1.24 bits per heavy atom. The van der Waals surface area contributed by atoms with E-state index < -0.39 is 15.8 Å². The van der Waals surface area contributed by atoms with Gasteiger partial charge in [-0.2, -0.15) is 0 Å². The van der Waals surface area contributed by atoms with Gasteiger partial charge in [-0.25, -0.2) is 13.2 Å². The molecule has 0 amide bonds. The lowest BCUT2D eigenvalue weighted by Gasteiger charge is -2.19. The molecule has 1 aromatic rings. The maximum atomic E-state index is 11.4. The summed E-state index contributed by atoms with van der Waals surface area (Å²) in [6, 6.07) is 5.95. The predicted octanol–water partition coefficient (Wildman–Crippen LogP) is 1.98. The molecule has 114 valence electrons. The maximum Gasteiger partial charge on any atom is 0.335 e. The number of benzene rings is 1. The van der Waals surface area contributed by atoms with Crippen molar-refractivity contribution in [2.75, 3.05) is 19.5 Å². The van der Waals surface area contributed by atoms with Crippen LogP contribution in [0.3, 0.4) is 0 Å². The largest absolute Gasteiger partial charge is 0.478 e. The lowest BCUT2D eigenvalue weighted by atomic mass is 9.94. The van der Waals surface area contributed by atoms with E-state index in [4.69, 9.17) is 4.74 Å². The third-order valence-corrected chi connectivity index (χ3v) is 4.62. The molecule has 5 nitrogen and oxygen atoms in total. The number of hydrogen-bond acceptors (Lipinski definition) is 4. The number of ether oxygens (including phenoxy) is 1.